The Morgan fingerprint density at radius 1 is 1.16 bits per heavy atom. The van der Waals surface area contributed by atoms with Crippen LogP contribution in [0.5, 0.6) is 5.75 Å². The minimum Gasteiger partial charge on any atom is -0.489 e. The molecule has 31 heavy (non-hydrogen) atoms. The van der Waals surface area contributed by atoms with Gasteiger partial charge in [0.2, 0.25) is 0 Å². The largest absolute Gasteiger partial charge is 0.489 e. The van der Waals surface area contributed by atoms with Gasteiger partial charge in [0.25, 0.3) is 0 Å². The molecule has 2 aromatic heterocycles. The Bertz CT molecular complexity index is 903. The quantitative estimate of drug-likeness (QED) is 0.656. The number of nitrogens with zero attached hydrogens (tertiary/aromatic N) is 5. The Labute approximate surface area is 183 Å². The summed E-state index contributed by atoms with van der Waals surface area (Å²) in [6.07, 6.45) is 9.99. The molecule has 0 unspecified atom stereocenters. The molecule has 0 saturated heterocycles. The molecule has 2 saturated carbocycles. The summed E-state index contributed by atoms with van der Waals surface area (Å²) in [5.74, 6) is 0.858. The van der Waals surface area contributed by atoms with E-state index in [-0.39, 0.29) is 18.8 Å². The minimum absolute atomic E-state index is 0.109. The van der Waals surface area contributed by atoms with Crippen LogP contribution < -0.4 is 4.74 Å². The summed E-state index contributed by atoms with van der Waals surface area (Å²) in [6, 6.07) is 4.21. The summed E-state index contributed by atoms with van der Waals surface area (Å²) in [4.78, 5) is 18.9. The number of rotatable bonds is 7. The Morgan fingerprint density at radius 2 is 1.94 bits per heavy atom. The van der Waals surface area contributed by atoms with Gasteiger partial charge < -0.3 is 14.4 Å². The van der Waals surface area contributed by atoms with Crippen molar-refractivity contribution in [2.45, 2.75) is 83.5 Å². The Hall–Kier alpha value is -2.64. The molecular weight excluding hydrogens is 394 g/mol. The van der Waals surface area contributed by atoms with Gasteiger partial charge in [-0.15, -0.1) is 5.10 Å². The van der Waals surface area contributed by atoms with Crippen molar-refractivity contribution in [2.75, 3.05) is 7.05 Å². The standard InChI is InChI=1S/C23H33N5O3/c1-4-18-21(31-17-11-6-5-7-12-17)14-13-19(24-18)22-20(28(3)26-25-22)15-30-23(29)27(2)16-9-8-10-16/h13-14,16-17H,4-12,15H2,1-3H3. The fourth-order valence-electron chi connectivity index (χ4n) is 4.24. The molecule has 4 rings (SSSR count). The van der Waals surface area contributed by atoms with E-state index in [9.17, 15) is 4.79 Å². The SMILES string of the molecule is CCc1nc(-c2nnn(C)c2COC(=O)N(C)C2CCC2)ccc1OC1CCCCC1. The number of pyridine rings is 1. The Balaban J connectivity index is 1.48. The maximum Gasteiger partial charge on any atom is 0.410 e. The average molecular weight is 428 g/mol. The number of aryl methyl sites for hydroxylation is 2. The number of amides is 1. The van der Waals surface area contributed by atoms with Gasteiger partial charge in [0.05, 0.1) is 17.5 Å². The number of carbonyl (C=O) groups excluding carboxylic acids is 1. The lowest BCUT2D eigenvalue weighted by Crippen LogP contribution is -2.41. The number of carbonyl (C=O) groups is 1. The van der Waals surface area contributed by atoms with Crippen molar-refractivity contribution < 1.29 is 14.3 Å². The second kappa shape index (κ2) is 9.66. The van der Waals surface area contributed by atoms with Crippen molar-refractivity contribution in [2.24, 2.45) is 7.05 Å². The van der Waals surface area contributed by atoms with E-state index in [2.05, 4.69) is 17.2 Å². The van der Waals surface area contributed by atoms with Crippen LogP contribution in [-0.4, -0.2) is 50.2 Å². The van der Waals surface area contributed by atoms with Crippen molar-refractivity contribution in [1.82, 2.24) is 24.9 Å². The summed E-state index contributed by atoms with van der Waals surface area (Å²) in [6.45, 7) is 2.19. The molecule has 0 radical (unpaired) electrons. The first-order valence-corrected chi connectivity index (χ1v) is 11.5. The van der Waals surface area contributed by atoms with Crippen LogP contribution in [0.15, 0.2) is 12.1 Å². The first-order valence-electron chi connectivity index (χ1n) is 11.5. The topological polar surface area (TPSA) is 82.4 Å². The number of hydrogen-bond donors (Lipinski definition) is 0. The fourth-order valence-corrected chi connectivity index (χ4v) is 4.24. The Morgan fingerprint density at radius 3 is 2.61 bits per heavy atom. The zero-order chi connectivity index (χ0) is 21.8. The monoisotopic (exact) mass is 427 g/mol. The molecular formula is C23H33N5O3. The van der Waals surface area contributed by atoms with E-state index in [1.807, 2.05) is 12.1 Å². The number of ether oxygens (including phenoxy) is 2. The maximum atomic E-state index is 12.4. The predicted molar refractivity (Wildman–Crippen MR) is 117 cm³/mol. The highest BCUT2D eigenvalue weighted by Gasteiger charge is 2.27. The third kappa shape index (κ3) is 4.83. The molecule has 2 fully saturated rings. The summed E-state index contributed by atoms with van der Waals surface area (Å²) < 4.78 is 13.5. The minimum atomic E-state index is -0.310. The van der Waals surface area contributed by atoms with Gasteiger partial charge in [-0.2, -0.15) is 0 Å². The zero-order valence-corrected chi connectivity index (χ0v) is 18.8. The van der Waals surface area contributed by atoms with Crippen LogP contribution in [0, 0.1) is 0 Å². The Kier molecular flexibility index (Phi) is 6.73. The second-order valence-corrected chi connectivity index (χ2v) is 8.63. The van der Waals surface area contributed by atoms with Gasteiger partial charge in [0.15, 0.2) is 0 Å². The van der Waals surface area contributed by atoms with Gasteiger partial charge in [-0.05, 0) is 63.5 Å². The smallest absolute Gasteiger partial charge is 0.410 e. The van der Waals surface area contributed by atoms with Gasteiger partial charge in [0.1, 0.15) is 23.7 Å². The highest BCUT2D eigenvalue weighted by atomic mass is 16.6. The molecule has 8 heteroatoms. The van der Waals surface area contributed by atoms with Gasteiger partial charge in [-0.3, -0.25) is 0 Å². The number of hydrogen-bond acceptors (Lipinski definition) is 6. The first-order chi connectivity index (χ1) is 15.1. The lowest BCUT2D eigenvalue weighted by Gasteiger charge is -2.33. The highest BCUT2D eigenvalue weighted by molar-refractivity contribution is 5.68. The van der Waals surface area contributed by atoms with E-state index in [4.69, 9.17) is 14.5 Å². The van der Waals surface area contributed by atoms with Crippen LogP contribution in [0.1, 0.15) is 69.7 Å². The van der Waals surface area contributed by atoms with Gasteiger partial charge in [0, 0.05) is 20.1 Å². The third-order valence-electron chi connectivity index (χ3n) is 6.54. The van der Waals surface area contributed by atoms with Crippen LogP contribution in [0.4, 0.5) is 4.79 Å². The van der Waals surface area contributed by atoms with Crippen LogP contribution in [0.25, 0.3) is 11.4 Å². The lowest BCUT2D eigenvalue weighted by molar-refractivity contribution is 0.0734. The van der Waals surface area contributed by atoms with Gasteiger partial charge >= 0.3 is 6.09 Å². The molecule has 1 amide bonds. The van der Waals surface area contributed by atoms with Crippen LogP contribution >= 0.6 is 0 Å². The van der Waals surface area contributed by atoms with E-state index in [1.54, 1.807) is 23.7 Å². The lowest BCUT2D eigenvalue weighted by atomic mass is 9.92. The molecule has 8 nitrogen and oxygen atoms in total. The fraction of sp³-hybridized carbons (Fsp3) is 0.652. The highest BCUT2D eigenvalue weighted by Crippen LogP contribution is 2.29. The molecule has 2 heterocycles. The van der Waals surface area contributed by atoms with Crippen molar-refractivity contribution in [3.8, 4) is 17.1 Å². The summed E-state index contributed by atoms with van der Waals surface area (Å²) >= 11 is 0. The zero-order valence-electron chi connectivity index (χ0n) is 18.8. The third-order valence-corrected chi connectivity index (χ3v) is 6.54. The molecule has 0 atom stereocenters. The van der Waals surface area contributed by atoms with Crippen molar-refractivity contribution >= 4 is 6.09 Å². The molecule has 0 spiro atoms. The van der Waals surface area contributed by atoms with Gasteiger partial charge in [-0.1, -0.05) is 18.6 Å². The van der Waals surface area contributed by atoms with Crippen LogP contribution in [0.3, 0.4) is 0 Å². The predicted octanol–water partition coefficient (Wildman–Crippen LogP) is 4.27. The van der Waals surface area contributed by atoms with Crippen molar-refractivity contribution in [3.63, 3.8) is 0 Å². The molecule has 0 aliphatic heterocycles. The van der Waals surface area contributed by atoms with Crippen LogP contribution in [0.2, 0.25) is 0 Å². The van der Waals surface area contributed by atoms with Crippen molar-refractivity contribution in [3.05, 3.63) is 23.5 Å². The molecule has 0 bridgehead atoms. The molecule has 2 aromatic rings. The maximum absolute atomic E-state index is 12.4. The van der Waals surface area contributed by atoms with E-state index in [0.29, 0.717) is 11.7 Å². The van der Waals surface area contributed by atoms with Crippen molar-refractivity contribution in [1.29, 1.82) is 0 Å². The molecule has 0 aromatic carbocycles. The average Bonchev–Trinajstić information content (AvgIpc) is 3.12. The first kappa shape index (κ1) is 21.6. The van der Waals surface area contributed by atoms with E-state index >= 15 is 0 Å². The van der Waals surface area contributed by atoms with Gasteiger partial charge in [-0.25, -0.2) is 14.5 Å². The number of aromatic nitrogens is 4. The molecule has 168 valence electrons. The van der Waals surface area contributed by atoms with E-state index < -0.39 is 0 Å². The van der Waals surface area contributed by atoms with E-state index in [1.165, 1.54) is 25.7 Å². The van der Waals surface area contributed by atoms with Crippen LogP contribution in [-0.2, 0) is 24.8 Å². The summed E-state index contributed by atoms with van der Waals surface area (Å²) in [5, 5.41) is 8.44. The summed E-state index contributed by atoms with van der Waals surface area (Å²) in [7, 11) is 3.60. The molecule has 0 N–H and O–H groups in total. The molecule has 2 aliphatic rings. The normalized spacial score (nSPS) is 17.3. The second-order valence-electron chi connectivity index (χ2n) is 8.63. The van der Waals surface area contributed by atoms with E-state index in [0.717, 1.165) is 54.9 Å². The summed E-state index contributed by atoms with van der Waals surface area (Å²) in [5.41, 5.74) is 3.01. The molecule has 2 aliphatic carbocycles.